The number of ether oxygens (including phenoxy) is 1. The minimum absolute atomic E-state index is 0.0941. The lowest BCUT2D eigenvalue weighted by atomic mass is 9.61. The first-order valence-corrected chi connectivity index (χ1v) is 12.8. The third kappa shape index (κ3) is 5.00. The number of carbonyl (C=O) groups is 1. The van der Waals surface area contributed by atoms with Crippen molar-refractivity contribution in [3.05, 3.63) is 23.3 Å². The quantitative estimate of drug-likeness (QED) is 0.543. The monoisotopic (exact) mass is 446 g/mol. The van der Waals surface area contributed by atoms with Crippen LogP contribution in [0.2, 0.25) is 0 Å². The van der Waals surface area contributed by atoms with Gasteiger partial charge in [-0.15, -0.1) is 0 Å². The molecule has 0 saturated heterocycles. The molecule has 4 aliphatic rings. The van der Waals surface area contributed by atoms with Gasteiger partial charge in [0.25, 0.3) is 0 Å². The van der Waals surface area contributed by atoms with Crippen molar-refractivity contribution in [1.82, 2.24) is 0 Å². The fraction of sp³-hybridized carbons (Fsp3) is 0.815. The predicted molar refractivity (Wildman–Crippen MR) is 124 cm³/mol. The number of hydrogen-bond acceptors (Lipinski definition) is 5. The summed E-state index contributed by atoms with van der Waals surface area (Å²) in [6.07, 6.45) is 14.3. The van der Waals surface area contributed by atoms with Crippen molar-refractivity contribution in [3.8, 4) is 0 Å². The van der Waals surface area contributed by atoms with E-state index >= 15 is 0 Å². The van der Waals surface area contributed by atoms with Gasteiger partial charge >= 0.3 is 5.97 Å². The van der Waals surface area contributed by atoms with Gasteiger partial charge in [-0.2, -0.15) is 0 Å². The van der Waals surface area contributed by atoms with E-state index in [0.717, 1.165) is 63.4 Å². The molecule has 5 heteroatoms. The van der Waals surface area contributed by atoms with Crippen LogP contribution < -0.4 is 0 Å². The van der Waals surface area contributed by atoms with Gasteiger partial charge in [0.1, 0.15) is 6.61 Å². The van der Waals surface area contributed by atoms with E-state index in [1.807, 2.05) is 6.92 Å². The van der Waals surface area contributed by atoms with Crippen LogP contribution in [-0.4, -0.2) is 45.7 Å². The molecule has 3 N–H and O–H groups in total. The van der Waals surface area contributed by atoms with Crippen molar-refractivity contribution in [2.45, 2.75) is 109 Å². The van der Waals surface area contributed by atoms with E-state index in [2.05, 4.69) is 19.1 Å². The Morgan fingerprint density at radius 3 is 2.47 bits per heavy atom. The minimum Gasteiger partial charge on any atom is -0.462 e. The van der Waals surface area contributed by atoms with Gasteiger partial charge in [-0.25, -0.2) is 0 Å². The summed E-state index contributed by atoms with van der Waals surface area (Å²) in [7, 11) is 0. The summed E-state index contributed by atoms with van der Waals surface area (Å²) in [5.74, 6) is 0.468. The number of hydrogen-bond donors (Lipinski definition) is 3. The zero-order chi connectivity index (χ0) is 22.9. The fourth-order valence-electron chi connectivity index (χ4n) is 7.31. The summed E-state index contributed by atoms with van der Waals surface area (Å²) in [5, 5.41) is 30.5. The van der Waals surface area contributed by atoms with Crippen molar-refractivity contribution in [2.24, 2.45) is 23.2 Å². The van der Waals surface area contributed by atoms with Crippen molar-refractivity contribution in [1.29, 1.82) is 0 Å². The van der Waals surface area contributed by atoms with Crippen LogP contribution in [-0.2, 0) is 9.53 Å². The van der Waals surface area contributed by atoms with E-state index in [0.29, 0.717) is 31.1 Å². The van der Waals surface area contributed by atoms with Crippen molar-refractivity contribution >= 4 is 5.97 Å². The molecule has 4 fully saturated rings. The van der Waals surface area contributed by atoms with Crippen LogP contribution in [0.25, 0.3) is 0 Å². The normalized spacial score (nSPS) is 39.0. The first-order valence-electron chi connectivity index (χ1n) is 12.8. The second-order valence-electron chi connectivity index (χ2n) is 11.4. The Labute approximate surface area is 192 Å². The average Bonchev–Trinajstić information content (AvgIpc) is 3.33. The highest BCUT2D eigenvalue weighted by atomic mass is 16.5. The number of esters is 1. The van der Waals surface area contributed by atoms with E-state index in [1.54, 1.807) is 0 Å². The Morgan fingerprint density at radius 1 is 1.09 bits per heavy atom. The second-order valence-corrected chi connectivity index (χ2v) is 11.4. The molecule has 0 bridgehead atoms. The molecule has 0 unspecified atom stereocenters. The summed E-state index contributed by atoms with van der Waals surface area (Å²) >= 11 is 0. The molecule has 32 heavy (non-hydrogen) atoms. The Bertz CT molecular complexity index is 737. The number of aliphatic hydroxyl groups is 3. The topological polar surface area (TPSA) is 87.0 Å². The van der Waals surface area contributed by atoms with Gasteiger partial charge in [-0.3, -0.25) is 4.79 Å². The smallest absolute Gasteiger partial charge is 0.309 e. The van der Waals surface area contributed by atoms with Crippen LogP contribution in [0.3, 0.4) is 0 Å². The highest BCUT2D eigenvalue weighted by molar-refractivity contribution is 5.72. The standard InChI is InChI=1S/C27H42O5/c1-18(25(30)32-17-27(31)12-3-4-13-27)23-9-10-24-20(6-5-11-26(23,24)2)8-7-19-14-21(28)16-22(29)15-19/h7-8,18,21-24,28-29,31H,3-6,9-17H2,1-2H3/b20-8+/t18-,21+,22+,23+,24-,26+/m0/s1. The number of rotatable bonds is 5. The summed E-state index contributed by atoms with van der Waals surface area (Å²) in [6, 6.07) is 0. The van der Waals surface area contributed by atoms with Crippen molar-refractivity contribution in [2.75, 3.05) is 6.61 Å². The first-order chi connectivity index (χ1) is 15.2. The molecule has 0 aliphatic heterocycles. The predicted octanol–water partition coefficient (Wildman–Crippen LogP) is 4.45. The second kappa shape index (κ2) is 9.60. The molecule has 0 spiro atoms. The summed E-state index contributed by atoms with van der Waals surface area (Å²) in [6.45, 7) is 4.52. The highest BCUT2D eigenvalue weighted by Gasteiger charge is 2.52. The van der Waals surface area contributed by atoms with Gasteiger partial charge in [0.15, 0.2) is 0 Å². The largest absolute Gasteiger partial charge is 0.462 e. The van der Waals surface area contributed by atoms with E-state index in [9.17, 15) is 20.1 Å². The Morgan fingerprint density at radius 2 is 1.78 bits per heavy atom. The summed E-state index contributed by atoms with van der Waals surface area (Å²) in [5.41, 5.74) is 1.87. The third-order valence-corrected chi connectivity index (χ3v) is 9.10. The maximum atomic E-state index is 12.9. The van der Waals surface area contributed by atoms with Gasteiger partial charge in [0, 0.05) is 0 Å². The van der Waals surface area contributed by atoms with E-state index < -0.39 is 17.8 Å². The van der Waals surface area contributed by atoms with Crippen LogP contribution in [0, 0.1) is 23.2 Å². The molecule has 0 aromatic rings. The minimum atomic E-state index is -0.813. The molecule has 6 atom stereocenters. The lowest BCUT2D eigenvalue weighted by molar-refractivity contribution is -0.159. The molecular formula is C27H42O5. The van der Waals surface area contributed by atoms with Crippen LogP contribution in [0.5, 0.6) is 0 Å². The van der Waals surface area contributed by atoms with Gasteiger partial charge in [-0.1, -0.05) is 50.0 Å². The number of fused-ring (bicyclic) bond motifs is 1. The maximum Gasteiger partial charge on any atom is 0.309 e. The van der Waals surface area contributed by atoms with Gasteiger partial charge in [-0.05, 0) is 81.5 Å². The van der Waals surface area contributed by atoms with Crippen LogP contribution >= 0.6 is 0 Å². The Hall–Kier alpha value is -1.17. The van der Waals surface area contributed by atoms with Gasteiger partial charge in [0.05, 0.1) is 23.7 Å². The van der Waals surface area contributed by atoms with Crippen LogP contribution in [0.15, 0.2) is 23.3 Å². The Kier molecular flexibility index (Phi) is 7.19. The van der Waals surface area contributed by atoms with E-state index in [1.165, 1.54) is 5.57 Å². The molecule has 0 amide bonds. The molecule has 0 aromatic heterocycles. The fourth-order valence-corrected chi connectivity index (χ4v) is 7.31. The van der Waals surface area contributed by atoms with Gasteiger partial charge in [0.2, 0.25) is 0 Å². The summed E-state index contributed by atoms with van der Waals surface area (Å²) in [4.78, 5) is 12.9. The van der Waals surface area contributed by atoms with Crippen molar-refractivity contribution in [3.63, 3.8) is 0 Å². The Balaban J connectivity index is 1.42. The molecule has 0 heterocycles. The lowest BCUT2D eigenvalue weighted by Crippen LogP contribution is -2.40. The van der Waals surface area contributed by atoms with Crippen LogP contribution in [0.1, 0.15) is 90.9 Å². The zero-order valence-corrected chi connectivity index (χ0v) is 19.9. The molecule has 4 saturated carbocycles. The zero-order valence-electron chi connectivity index (χ0n) is 19.9. The maximum absolute atomic E-state index is 12.9. The molecular weight excluding hydrogens is 404 g/mol. The average molecular weight is 447 g/mol. The first kappa shape index (κ1) is 24.0. The SMILES string of the molecule is C[C@H](C(=O)OCC1(O)CCCC1)[C@H]1CC[C@H]2/C(=C/C=C3C[C@@H](O)C[C@H](O)C3)CCC[C@]12C. The highest BCUT2D eigenvalue weighted by Crippen LogP contribution is 2.59. The molecule has 0 aromatic carbocycles. The van der Waals surface area contributed by atoms with E-state index in [-0.39, 0.29) is 23.9 Å². The number of aliphatic hydroxyl groups excluding tert-OH is 2. The number of carbonyl (C=O) groups excluding carboxylic acids is 1. The van der Waals surface area contributed by atoms with E-state index in [4.69, 9.17) is 4.74 Å². The molecule has 4 rings (SSSR count). The molecule has 5 nitrogen and oxygen atoms in total. The lowest BCUT2D eigenvalue weighted by Gasteiger charge is -2.44. The molecule has 180 valence electrons. The van der Waals surface area contributed by atoms with Gasteiger partial charge < -0.3 is 20.1 Å². The van der Waals surface area contributed by atoms with Crippen LogP contribution in [0.4, 0.5) is 0 Å². The molecule has 0 radical (unpaired) electrons. The molecule has 4 aliphatic carbocycles. The summed E-state index contributed by atoms with van der Waals surface area (Å²) < 4.78 is 5.64. The number of allylic oxidation sites excluding steroid dienone is 3. The van der Waals surface area contributed by atoms with Crippen molar-refractivity contribution < 1.29 is 24.9 Å². The third-order valence-electron chi connectivity index (χ3n) is 9.10.